The van der Waals surface area contributed by atoms with Crippen LogP contribution in [0, 0.1) is 5.82 Å². The third-order valence-electron chi connectivity index (χ3n) is 4.01. The number of halogens is 2. The molecule has 2 aromatic rings. The number of hydrogen-bond acceptors (Lipinski definition) is 1. The minimum absolute atomic E-state index is 0.0572. The van der Waals surface area contributed by atoms with Gasteiger partial charge in [0.1, 0.15) is 0 Å². The minimum atomic E-state index is -0.191. The lowest BCUT2D eigenvalue weighted by Crippen LogP contribution is -3.10. The summed E-state index contributed by atoms with van der Waals surface area (Å²) in [4.78, 5) is 15.3. The van der Waals surface area contributed by atoms with Crippen LogP contribution in [0.4, 0.5) is 10.1 Å². The Labute approximate surface area is 133 Å². The lowest BCUT2D eigenvalue weighted by atomic mass is 10.1. The predicted octanol–water partition coefficient (Wildman–Crippen LogP) is 2.15. The normalized spacial score (nSPS) is 15.8. The summed E-state index contributed by atoms with van der Waals surface area (Å²) in [5.41, 5.74) is 1.20. The Morgan fingerprint density at radius 1 is 1.05 bits per heavy atom. The maximum Gasteiger partial charge on any atom is 0.255 e. The number of carbonyl (C=O) groups excluding carboxylic acids is 1. The van der Waals surface area contributed by atoms with Crippen molar-refractivity contribution >= 4 is 23.2 Å². The van der Waals surface area contributed by atoms with E-state index in [0.717, 1.165) is 4.90 Å². The largest absolute Gasteiger partial charge is 0.327 e. The molecule has 3 nitrogen and oxygen atoms in total. The van der Waals surface area contributed by atoms with Crippen molar-refractivity contribution in [3.8, 4) is 0 Å². The predicted molar refractivity (Wildman–Crippen MR) is 84.1 cm³/mol. The molecule has 0 spiro atoms. The first-order valence-corrected chi connectivity index (χ1v) is 7.68. The second-order valence-electron chi connectivity index (χ2n) is 5.36. The molecular formula is C17H17ClFN2O+. The van der Waals surface area contributed by atoms with Crippen LogP contribution in [0.5, 0.6) is 0 Å². The molecule has 0 aromatic heterocycles. The highest BCUT2D eigenvalue weighted by Gasteiger charge is 2.27. The zero-order chi connectivity index (χ0) is 15.5. The van der Waals surface area contributed by atoms with Crippen molar-refractivity contribution in [1.82, 2.24) is 4.90 Å². The van der Waals surface area contributed by atoms with Crippen LogP contribution in [0.3, 0.4) is 0 Å². The third-order valence-corrected chi connectivity index (χ3v) is 4.34. The number of amides is 1. The Morgan fingerprint density at radius 3 is 2.36 bits per heavy atom. The summed E-state index contributed by atoms with van der Waals surface area (Å²) < 4.78 is 13.8. The number of hydrogen-bond donors (Lipinski definition) is 1. The number of rotatable bonds is 2. The fourth-order valence-electron chi connectivity index (χ4n) is 2.80. The van der Waals surface area contributed by atoms with Crippen LogP contribution in [-0.4, -0.2) is 37.0 Å². The van der Waals surface area contributed by atoms with Crippen LogP contribution in [0.2, 0.25) is 5.02 Å². The molecular weight excluding hydrogens is 303 g/mol. The highest BCUT2D eigenvalue weighted by Crippen LogP contribution is 2.17. The first-order chi connectivity index (χ1) is 10.7. The first-order valence-electron chi connectivity index (χ1n) is 7.30. The van der Waals surface area contributed by atoms with Crippen LogP contribution in [0.15, 0.2) is 48.5 Å². The van der Waals surface area contributed by atoms with E-state index < -0.39 is 0 Å². The van der Waals surface area contributed by atoms with Crippen molar-refractivity contribution in [2.75, 3.05) is 26.2 Å². The summed E-state index contributed by atoms with van der Waals surface area (Å²) in [5.74, 6) is -0.249. The van der Waals surface area contributed by atoms with Crippen molar-refractivity contribution in [2.45, 2.75) is 0 Å². The van der Waals surface area contributed by atoms with Crippen LogP contribution in [-0.2, 0) is 0 Å². The van der Waals surface area contributed by atoms with Gasteiger partial charge in [0.05, 0.1) is 36.8 Å². The summed E-state index contributed by atoms with van der Waals surface area (Å²) in [5, 5.41) is 0.469. The highest BCUT2D eigenvalue weighted by atomic mass is 35.5. The van der Waals surface area contributed by atoms with E-state index >= 15 is 0 Å². The van der Waals surface area contributed by atoms with Crippen molar-refractivity contribution in [2.24, 2.45) is 0 Å². The number of piperazine rings is 1. The van der Waals surface area contributed by atoms with E-state index in [4.69, 9.17) is 11.6 Å². The van der Waals surface area contributed by atoms with Crippen molar-refractivity contribution in [1.29, 1.82) is 0 Å². The number of nitrogens with one attached hydrogen (secondary N) is 1. The van der Waals surface area contributed by atoms with E-state index in [2.05, 4.69) is 0 Å². The summed E-state index contributed by atoms with van der Waals surface area (Å²) in [6.45, 7) is 2.57. The van der Waals surface area contributed by atoms with Gasteiger partial charge in [0, 0.05) is 6.07 Å². The SMILES string of the molecule is O=C(c1ccccc1Cl)N1CC[NH+](c2ccccc2F)CC1. The van der Waals surface area contributed by atoms with Gasteiger partial charge in [0.25, 0.3) is 5.91 Å². The summed E-state index contributed by atoms with van der Waals surface area (Å²) in [6, 6.07) is 13.9. The highest BCUT2D eigenvalue weighted by molar-refractivity contribution is 6.33. The van der Waals surface area contributed by atoms with E-state index in [1.807, 2.05) is 6.07 Å². The van der Waals surface area contributed by atoms with Gasteiger partial charge in [0.2, 0.25) is 0 Å². The number of nitrogens with zero attached hydrogens (tertiary/aromatic N) is 1. The molecule has 3 rings (SSSR count). The molecule has 0 bridgehead atoms. The van der Waals surface area contributed by atoms with Crippen LogP contribution < -0.4 is 4.90 Å². The van der Waals surface area contributed by atoms with Gasteiger partial charge in [-0.1, -0.05) is 35.9 Å². The average Bonchev–Trinajstić information content (AvgIpc) is 2.55. The zero-order valence-corrected chi connectivity index (χ0v) is 12.8. The van der Waals surface area contributed by atoms with Gasteiger partial charge < -0.3 is 4.90 Å². The standard InChI is InChI=1S/C17H16ClFN2O/c18-14-6-2-1-5-13(14)17(22)21-11-9-20(10-12-21)16-8-4-3-7-15(16)19/h1-8H,9-12H2/p+1. The average molecular weight is 320 g/mol. The van der Waals surface area contributed by atoms with E-state index in [9.17, 15) is 9.18 Å². The molecule has 1 N–H and O–H groups in total. The molecule has 1 amide bonds. The number of benzene rings is 2. The van der Waals surface area contributed by atoms with Crippen molar-refractivity contribution in [3.05, 3.63) is 64.9 Å². The Balaban J connectivity index is 1.68. The number of quaternary nitrogens is 1. The van der Waals surface area contributed by atoms with Gasteiger partial charge in [-0.3, -0.25) is 9.69 Å². The molecule has 0 aliphatic carbocycles. The zero-order valence-electron chi connectivity index (χ0n) is 12.1. The molecule has 0 atom stereocenters. The van der Waals surface area contributed by atoms with Crippen molar-refractivity contribution < 1.29 is 14.1 Å². The molecule has 1 saturated heterocycles. The Bertz CT molecular complexity index is 684. The molecule has 1 fully saturated rings. The van der Waals surface area contributed by atoms with Crippen LogP contribution >= 0.6 is 11.6 Å². The fourth-order valence-corrected chi connectivity index (χ4v) is 3.02. The molecule has 1 heterocycles. The van der Waals surface area contributed by atoms with Crippen LogP contribution in [0.25, 0.3) is 0 Å². The van der Waals surface area contributed by atoms with Gasteiger partial charge in [0.15, 0.2) is 11.5 Å². The minimum Gasteiger partial charge on any atom is -0.327 e. The first kappa shape index (κ1) is 15.0. The number of carbonyl (C=O) groups is 1. The number of para-hydroxylation sites is 1. The smallest absolute Gasteiger partial charge is 0.255 e. The summed E-state index contributed by atoms with van der Waals surface area (Å²) in [7, 11) is 0. The monoisotopic (exact) mass is 319 g/mol. The molecule has 1 aliphatic heterocycles. The second kappa shape index (κ2) is 6.46. The van der Waals surface area contributed by atoms with E-state index in [1.54, 1.807) is 41.3 Å². The Hall–Kier alpha value is -1.91. The van der Waals surface area contributed by atoms with Gasteiger partial charge in [-0.05, 0) is 18.2 Å². The Morgan fingerprint density at radius 2 is 1.68 bits per heavy atom. The quantitative estimate of drug-likeness (QED) is 0.901. The second-order valence-corrected chi connectivity index (χ2v) is 5.76. The molecule has 114 valence electrons. The lowest BCUT2D eigenvalue weighted by Gasteiger charge is -2.32. The van der Waals surface area contributed by atoms with Crippen LogP contribution in [0.1, 0.15) is 10.4 Å². The molecule has 0 radical (unpaired) electrons. The molecule has 22 heavy (non-hydrogen) atoms. The molecule has 0 saturated carbocycles. The summed E-state index contributed by atoms with van der Waals surface area (Å²) >= 11 is 6.08. The topological polar surface area (TPSA) is 24.8 Å². The Kier molecular flexibility index (Phi) is 4.41. The van der Waals surface area contributed by atoms with Gasteiger partial charge in [-0.15, -0.1) is 0 Å². The molecule has 0 unspecified atom stereocenters. The summed E-state index contributed by atoms with van der Waals surface area (Å²) in [6.07, 6.45) is 0. The fraction of sp³-hybridized carbons (Fsp3) is 0.235. The maximum atomic E-state index is 13.8. The third kappa shape index (κ3) is 2.98. The van der Waals surface area contributed by atoms with E-state index in [-0.39, 0.29) is 11.7 Å². The van der Waals surface area contributed by atoms with E-state index in [1.165, 1.54) is 6.07 Å². The lowest BCUT2D eigenvalue weighted by molar-refractivity contribution is -0.838. The van der Waals surface area contributed by atoms with Crippen molar-refractivity contribution in [3.63, 3.8) is 0 Å². The van der Waals surface area contributed by atoms with Gasteiger partial charge in [-0.2, -0.15) is 0 Å². The maximum absolute atomic E-state index is 13.8. The van der Waals surface area contributed by atoms with Gasteiger partial charge in [-0.25, -0.2) is 4.39 Å². The van der Waals surface area contributed by atoms with Gasteiger partial charge >= 0.3 is 0 Å². The molecule has 5 heteroatoms. The molecule has 2 aromatic carbocycles. The van der Waals surface area contributed by atoms with E-state index in [0.29, 0.717) is 42.5 Å². The molecule has 1 aliphatic rings.